The molecule has 31 heavy (non-hydrogen) atoms. The number of thioether (sulfide) groups is 2. The molecule has 0 radical (unpaired) electrons. The van der Waals surface area contributed by atoms with E-state index in [0.29, 0.717) is 16.5 Å². The number of benzene rings is 3. The van der Waals surface area contributed by atoms with Gasteiger partial charge < -0.3 is 5.32 Å². The van der Waals surface area contributed by atoms with Gasteiger partial charge in [0.15, 0.2) is 4.91 Å². The molecule has 0 unspecified atom stereocenters. The molecule has 0 amide bonds. The van der Waals surface area contributed by atoms with Crippen LogP contribution in [0.15, 0.2) is 98.6 Å². The van der Waals surface area contributed by atoms with Crippen LogP contribution in [0, 0.1) is 11.3 Å². The minimum Gasteiger partial charge on any atom is -0.349 e. The Balaban J connectivity index is 2.04. The number of anilines is 1. The standard InChI is InChI=1S/C23H19ClN2O2S3/c1-29-20-10-6-9-19(14-20)26-23(30-16-17-7-5-8-18(24)13-17)22(15-25)31(27,28)21-11-3-2-4-12-21/h2-14,26H,16H2,1H3/b23-22+. The molecule has 0 aromatic heterocycles. The second-order valence-electron chi connectivity index (χ2n) is 6.36. The van der Waals surface area contributed by atoms with Gasteiger partial charge in [-0.1, -0.05) is 48.0 Å². The zero-order chi connectivity index (χ0) is 22.3. The summed E-state index contributed by atoms with van der Waals surface area (Å²) in [6, 6.07) is 24.8. The van der Waals surface area contributed by atoms with Gasteiger partial charge in [-0.3, -0.25) is 0 Å². The molecule has 1 N–H and O–H groups in total. The van der Waals surface area contributed by atoms with Gasteiger partial charge in [-0.05, 0) is 54.3 Å². The zero-order valence-corrected chi connectivity index (χ0v) is 19.8. The Bertz CT molecular complexity index is 1240. The quantitative estimate of drug-likeness (QED) is 0.286. The fraction of sp³-hybridized carbons (Fsp3) is 0.0870. The third-order valence-electron chi connectivity index (χ3n) is 4.23. The van der Waals surface area contributed by atoms with Crippen molar-refractivity contribution in [3.05, 3.63) is 99.4 Å². The lowest BCUT2D eigenvalue weighted by atomic mass is 10.2. The molecule has 0 heterocycles. The van der Waals surface area contributed by atoms with Crippen molar-refractivity contribution in [2.24, 2.45) is 0 Å². The highest BCUT2D eigenvalue weighted by molar-refractivity contribution is 8.04. The van der Waals surface area contributed by atoms with Gasteiger partial charge in [0.2, 0.25) is 9.84 Å². The average molecular weight is 487 g/mol. The van der Waals surface area contributed by atoms with E-state index in [2.05, 4.69) is 5.32 Å². The van der Waals surface area contributed by atoms with E-state index in [-0.39, 0.29) is 14.8 Å². The van der Waals surface area contributed by atoms with Crippen LogP contribution in [0.1, 0.15) is 5.56 Å². The SMILES string of the molecule is CSc1cccc(N/C(SCc2cccc(Cl)c2)=C(/C#N)S(=O)(=O)c2ccccc2)c1. The Labute approximate surface area is 196 Å². The number of rotatable bonds is 8. The van der Waals surface area contributed by atoms with Gasteiger partial charge in [0.05, 0.1) is 4.90 Å². The summed E-state index contributed by atoms with van der Waals surface area (Å²) in [6.45, 7) is 0. The normalized spacial score (nSPS) is 12.0. The predicted molar refractivity (Wildman–Crippen MR) is 131 cm³/mol. The lowest BCUT2D eigenvalue weighted by molar-refractivity contribution is 0.603. The minimum absolute atomic E-state index is 0.0760. The van der Waals surface area contributed by atoms with Gasteiger partial charge >= 0.3 is 0 Å². The van der Waals surface area contributed by atoms with Gasteiger partial charge in [-0.15, -0.1) is 23.5 Å². The number of allylic oxidation sites excluding steroid dienone is 1. The van der Waals surface area contributed by atoms with Gasteiger partial charge in [0.1, 0.15) is 11.1 Å². The maximum absolute atomic E-state index is 13.2. The first-order valence-electron chi connectivity index (χ1n) is 9.17. The fourth-order valence-corrected chi connectivity index (χ4v) is 5.92. The average Bonchev–Trinajstić information content (AvgIpc) is 2.78. The maximum Gasteiger partial charge on any atom is 0.219 e. The molecule has 0 saturated heterocycles. The third kappa shape index (κ3) is 6.08. The molecular formula is C23H19ClN2O2S3. The molecule has 4 nitrogen and oxygen atoms in total. The first kappa shape index (κ1) is 23.3. The lowest BCUT2D eigenvalue weighted by Crippen LogP contribution is -2.10. The molecule has 0 atom stereocenters. The topological polar surface area (TPSA) is 70.0 Å². The number of nitrogens with zero attached hydrogens (tertiary/aromatic N) is 1. The Hall–Kier alpha value is -2.37. The predicted octanol–water partition coefficient (Wildman–Crippen LogP) is 6.57. The third-order valence-corrected chi connectivity index (χ3v) is 8.12. The van der Waals surface area contributed by atoms with Crippen molar-refractivity contribution in [1.82, 2.24) is 0 Å². The number of sulfone groups is 1. The number of nitrogens with one attached hydrogen (secondary N) is 1. The van der Waals surface area contributed by atoms with Crippen LogP contribution in [-0.2, 0) is 15.6 Å². The summed E-state index contributed by atoms with van der Waals surface area (Å²) in [5.74, 6) is 0.445. The largest absolute Gasteiger partial charge is 0.349 e. The summed E-state index contributed by atoms with van der Waals surface area (Å²) in [5, 5.41) is 13.9. The molecule has 0 aliphatic rings. The molecule has 0 fully saturated rings. The Morgan fingerprint density at radius 2 is 1.77 bits per heavy atom. The summed E-state index contributed by atoms with van der Waals surface area (Å²) < 4.78 is 26.4. The van der Waals surface area contributed by atoms with Crippen LogP contribution in [0.5, 0.6) is 0 Å². The first-order chi connectivity index (χ1) is 14.9. The highest BCUT2D eigenvalue weighted by Gasteiger charge is 2.25. The van der Waals surface area contributed by atoms with E-state index < -0.39 is 9.84 Å². The van der Waals surface area contributed by atoms with Gasteiger partial charge in [0.25, 0.3) is 0 Å². The summed E-state index contributed by atoms with van der Waals surface area (Å²) in [4.78, 5) is 0.779. The number of nitriles is 1. The van der Waals surface area contributed by atoms with Crippen LogP contribution in [-0.4, -0.2) is 14.7 Å². The molecule has 3 aromatic carbocycles. The van der Waals surface area contributed by atoms with Gasteiger partial charge in [0, 0.05) is 21.4 Å². The van der Waals surface area contributed by atoms with E-state index in [9.17, 15) is 13.7 Å². The monoisotopic (exact) mass is 486 g/mol. The molecule has 0 saturated carbocycles. The van der Waals surface area contributed by atoms with E-state index in [4.69, 9.17) is 11.6 Å². The number of halogens is 1. The van der Waals surface area contributed by atoms with Crippen LogP contribution in [0.2, 0.25) is 5.02 Å². The lowest BCUT2D eigenvalue weighted by Gasteiger charge is -2.14. The molecule has 0 aliphatic carbocycles. The van der Waals surface area contributed by atoms with E-state index >= 15 is 0 Å². The molecule has 0 spiro atoms. The molecular weight excluding hydrogens is 468 g/mol. The number of hydrogen-bond acceptors (Lipinski definition) is 6. The van der Waals surface area contributed by atoms with E-state index in [1.807, 2.05) is 54.8 Å². The second kappa shape index (κ2) is 10.8. The Morgan fingerprint density at radius 3 is 2.45 bits per heavy atom. The van der Waals surface area contributed by atoms with Crippen molar-refractivity contribution in [2.45, 2.75) is 15.5 Å². The molecule has 8 heteroatoms. The van der Waals surface area contributed by atoms with Crippen molar-refractivity contribution in [3.8, 4) is 6.07 Å². The molecule has 158 valence electrons. The van der Waals surface area contributed by atoms with Gasteiger partial charge in [-0.2, -0.15) is 5.26 Å². The molecule has 0 aliphatic heterocycles. The van der Waals surface area contributed by atoms with Crippen molar-refractivity contribution >= 4 is 50.6 Å². The maximum atomic E-state index is 13.2. The fourth-order valence-electron chi connectivity index (χ4n) is 2.72. The highest BCUT2D eigenvalue weighted by Crippen LogP contribution is 2.32. The van der Waals surface area contributed by atoms with Crippen LogP contribution in [0.4, 0.5) is 5.69 Å². The Morgan fingerprint density at radius 1 is 1.03 bits per heavy atom. The van der Waals surface area contributed by atoms with Crippen LogP contribution < -0.4 is 5.32 Å². The van der Waals surface area contributed by atoms with Crippen molar-refractivity contribution in [2.75, 3.05) is 11.6 Å². The first-order valence-corrected chi connectivity index (χ1v) is 13.2. The minimum atomic E-state index is -3.99. The van der Waals surface area contributed by atoms with E-state index in [1.165, 1.54) is 23.9 Å². The highest BCUT2D eigenvalue weighted by atomic mass is 35.5. The van der Waals surface area contributed by atoms with E-state index in [0.717, 1.165) is 10.5 Å². The summed E-state index contributed by atoms with van der Waals surface area (Å²) >= 11 is 8.90. The van der Waals surface area contributed by atoms with Crippen LogP contribution >= 0.6 is 35.1 Å². The van der Waals surface area contributed by atoms with Gasteiger partial charge in [-0.25, -0.2) is 8.42 Å². The molecule has 3 rings (SSSR count). The molecule has 0 bridgehead atoms. The van der Waals surface area contributed by atoms with Crippen molar-refractivity contribution < 1.29 is 8.42 Å². The summed E-state index contributed by atoms with van der Waals surface area (Å²) in [7, 11) is -3.99. The zero-order valence-electron chi connectivity index (χ0n) is 16.6. The van der Waals surface area contributed by atoms with E-state index in [1.54, 1.807) is 36.0 Å². The second-order valence-corrected chi connectivity index (χ2v) is 10.6. The van der Waals surface area contributed by atoms with Crippen molar-refractivity contribution in [3.63, 3.8) is 0 Å². The van der Waals surface area contributed by atoms with Crippen LogP contribution in [0.25, 0.3) is 0 Å². The van der Waals surface area contributed by atoms with Crippen molar-refractivity contribution in [1.29, 1.82) is 5.26 Å². The van der Waals surface area contributed by atoms with Crippen LogP contribution in [0.3, 0.4) is 0 Å². The number of hydrogen-bond donors (Lipinski definition) is 1. The Kier molecular flexibility index (Phi) is 8.10. The molecule has 3 aromatic rings. The summed E-state index contributed by atoms with van der Waals surface area (Å²) in [5.41, 5.74) is 1.63. The summed E-state index contributed by atoms with van der Waals surface area (Å²) in [6.07, 6.45) is 1.96. The smallest absolute Gasteiger partial charge is 0.219 e.